The molecule has 5 heteroatoms. The summed E-state index contributed by atoms with van der Waals surface area (Å²) in [5.41, 5.74) is 1.81. The van der Waals surface area contributed by atoms with Crippen molar-refractivity contribution in [2.75, 3.05) is 0 Å². The Balaban J connectivity index is 1.84. The molecule has 1 aliphatic heterocycles. The molecule has 5 nitrogen and oxygen atoms in total. The van der Waals surface area contributed by atoms with Gasteiger partial charge in [-0.25, -0.2) is 0 Å². The Hall–Kier alpha value is -1.91. The number of rotatable bonds is 2. The Kier molecular flexibility index (Phi) is 3.43. The highest BCUT2D eigenvalue weighted by atomic mass is 16.2. The number of nitrogens with zero attached hydrogens (tertiary/aromatic N) is 1. The van der Waals surface area contributed by atoms with Crippen molar-refractivity contribution in [2.24, 2.45) is 0 Å². The van der Waals surface area contributed by atoms with E-state index in [1.54, 1.807) is 0 Å². The second kappa shape index (κ2) is 5.13. The molecule has 2 atom stereocenters. The molecule has 1 aromatic heterocycles. The molecule has 112 valence electrons. The molecule has 0 unspecified atom stereocenters. The van der Waals surface area contributed by atoms with Crippen LogP contribution < -0.4 is 10.6 Å². The molecule has 1 saturated heterocycles. The van der Waals surface area contributed by atoms with Crippen LogP contribution in [0.25, 0.3) is 0 Å². The van der Waals surface area contributed by atoms with E-state index < -0.39 is 5.54 Å². The molecule has 2 heterocycles. The molecule has 0 radical (unpaired) electrons. The lowest BCUT2D eigenvalue weighted by atomic mass is 9.77. The summed E-state index contributed by atoms with van der Waals surface area (Å²) in [6.07, 6.45) is 4.35. The van der Waals surface area contributed by atoms with E-state index in [9.17, 15) is 9.59 Å². The number of hydrogen-bond donors (Lipinski definition) is 2. The quantitative estimate of drug-likeness (QED) is 0.868. The molecular weight excluding hydrogens is 266 g/mol. The minimum absolute atomic E-state index is 0.0425. The molecule has 2 N–H and O–H groups in total. The normalized spacial score (nSPS) is 27.9. The van der Waals surface area contributed by atoms with Crippen molar-refractivity contribution in [3.05, 3.63) is 29.1 Å². The Morgan fingerprint density at radius 1 is 1.38 bits per heavy atom. The first kappa shape index (κ1) is 14.0. The second-order valence-electron chi connectivity index (χ2n) is 6.24. The molecular formula is C16H21N3O2. The summed E-state index contributed by atoms with van der Waals surface area (Å²) in [5.74, 6) is -0.0793. The number of aryl methyl sites for hydroxylation is 2. The molecule has 1 aromatic rings. The number of carbonyl (C=O) groups excluding carboxylic acids is 2. The van der Waals surface area contributed by atoms with Crippen molar-refractivity contribution >= 4 is 11.8 Å². The third kappa shape index (κ3) is 2.52. The van der Waals surface area contributed by atoms with Crippen molar-refractivity contribution in [2.45, 2.75) is 57.5 Å². The summed E-state index contributed by atoms with van der Waals surface area (Å²) in [6.45, 7) is 3.75. The van der Waals surface area contributed by atoms with Crippen molar-refractivity contribution in [1.82, 2.24) is 15.6 Å². The van der Waals surface area contributed by atoms with Crippen LogP contribution in [-0.4, -0.2) is 28.4 Å². The number of hydrogen-bond acceptors (Lipinski definition) is 3. The zero-order chi connectivity index (χ0) is 15.0. The van der Waals surface area contributed by atoms with Crippen molar-refractivity contribution in [3.63, 3.8) is 0 Å². The predicted molar refractivity (Wildman–Crippen MR) is 78.9 cm³/mol. The summed E-state index contributed by atoms with van der Waals surface area (Å²) >= 11 is 0. The molecule has 21 heavy (non-hydrogen) atoms. The summed E-state index contributed by atoms with van der Waals surface area (Å²) in [5, 5.41) is 6.15. The number of amides is 2. The van der Waals surface area contributed by atoms with Gasteiger partial charge in [0.15, 0.2) is 0 Å². The minimum Gasteiger partial charge on any atom is -0.351 e. The van der Waals surface area contributed by atoms with Gasteiger partial charge in [0.05, 0.1) is 29.3 Å². The van der Waals surface area contributed by atoms with E-state index in [0.717, 1.165) is 37.1 Å². The van der Waals surface area contributed by atoms with E-state index in [1.807, 2.05) is 26.0 Å². The highest BCUT2D eigenvalue weighted by Gasteiger charge is 2.49. The number of fused-ring (bicyclic) bond motifs is 1. The monoisotopic (exact) mass is 287 g/mol. The van der Waals surface area contributed by atoms with Crippen LogP contribution in [0.15, 0.2) is 12.1 Å². The molecule has 0 aromatic carbocycles. The first-order chi connectivity index (χ1) is 10.00. The molecule has 3 rings (SSSR count). The molecule has 2 fully saturated rings. The van der Waals surface area contributed by atoms with Crippen LogP contribution >= 0.6 is 0 Å². The van der Waals surface area contributed by atoms with Crippen LogP contribution in [0.1, 0.15) is 53.8 Å². The van der Waals surface area contributed by atoms with Crippen LogP contribution in [0.5, 0.6) is 0 Å². The maximum absolute atomic E-state index is 12.6. The number of carbonyl (C=O) groups is 2. The Bertz CT molecular complexity index is 599. The van der Waals surface area contributed by atoms with E-state index in [1.165, 1.54) is 0 Å². The molecule has 2 amide bonds. The fourth-order valence-electron chi connectivity index (χ4n) is 3.61. The van der Waals surface area contributed by atoms with Gasteiger partial charge in [-0.15, -0.1) is 0 Å². The molecule has 0 spiro atoms. The second-order valence-corrected chi connectivity index (χ2v) is 6.24. The molecule has 0 bridgehead atoms. The maximum Gasteiger partial charge on any atom is 0.253 e. The van der Waals surface area contributed by atoms with Gasteiger partial charge in [0.1, 0.15) is 0 Å². The average molecular weight is 287 g/mol. The van der Waals surface area contributed by atoms with Crippen molar-refractivity contribution < 1.29 is 9.59 Å². The largest absolute Gasteiger partial charge is 0.351 e. The fraction of sp³-hybridized carbons (Fsp3) is 0.562. The van der Waals surface area contributed by atoms with Gasteiger partial charge in [-0.1, -0.05) is 12.8 Å². The number of aromatic nitrogens is 1. The Morgan fingerprint density at radius 3 is 2.95 bits per heavy atom. The van der Waals surface area contributed by atoms with Crippen molar-refractivity contribution in [3.8, 4) is 0 Å². The maximum atomic E-state index is 12.6. The predicted octanol–water partition coefficient (Wildman–Crippen LogP) is 1.63. The third-order valence-electron chi connectivity index (χ3n) is 4.68. The lowest BCUT2D eigenvalue weighted by Crippen LogP contribution is -2.57. The lowest BCUT2D eigenvalue weighted by Gasteiger charge is -2.38. The average Bonchev–Trinajstić information content (AvgIpc) is 2.73. The Labute approximate surface area is 124 Å². The van der Waals surface area contributed by atoms with E-state index in [2.05, 4.69) is 15.6 Å². The summed E-state index contributed by atoms with van der Waals surface area (Å²) in [7, 11) is 0. The van der Waals surface area contributed by atoms with E-state index in [0.29, 0.717) is 12.0 Å². The van der Waals surface area contributed by atoms with Crippen LogP contribution in [0.2, 0.25) is 0 Å². The lowest BCUT2D eigenvalue weighted by molar-refractivity contribution is -0.119. The van der Waals surface area contributed by atoms with E-state index in [-0.39, 0.29) is 17.9 Å². The van der Waals surface area contributed by atoms with Gasteiger partial charge >= 0.3 is 0 Å². The van der Waals surface area contributed by atoms with Gasteiger partial charge in [0, 0.05) is 5.69 Å². The third-order valence-corrected chi connectivity index (χ3v) is 4.68. The van der Waals surface area contributed by atoms with Crippen LogP contribution in [0.3, 0.4) is 0 Å². The van der Waals surface area contributed by atoms with Crippen LogP contribution in [0, 0.1) is 13.8 Å². The first-order valence-corrected chi connectivity index (χ1v) is 7.56. The summed E-state index contributed by atoms with van der Waals surface area (Å²) in [6, 6.07) is 3.73. The van der Waals surface area contributed by atoms with Gasteiger partial charge in [0.2, 0.25) is 5.91 Å². The summed E-state index contributed by atoms with van der Waals surface area (Å²) in [4.78, 5) is 28.7. The number of nitrogens with one attached hydrogen (secondary N) is 2. The van der Waals surface area contributed by atoms with Gasteiger partial charge < -0.3 is 10.6 Å². The molecule has 2 aliphatic rings. The Morgan fingerprint density at radius 2 is 2.19 bits per heavy atom. The van der Waals surface area contributed by atoms with Crippen LogP contribution in [-0.2, 0) is 4.79 Å². The zero-order valence-corrected chi connectivity index (χ0v) is 12.5. The molecule has 1 aliphatic carbocycles. The van der Waals surface area contributed by atoms with Gasteiger partial charge in [0.25, 0.3) is 5.91 Å². The van der Waals surface area contributed by atoms with E-state index in [4.69, 9.17) is 0 Å². The van der Waals surface area contributed by atoms with Gasteiger partial charge in [-0.3, -0.25) is 14.6 Å². The van der Waals surface area contributed by atoms with Crippen LogP contribution in [0.4, 0.5) is 0 Å². The SMILES string of the molecule is Cc1ccc(C(=O)N[C@@]23CCCC[C@@H]2NC(=O)C3)c(C)n1. The molecule has 1 saturated carbocycles. The standard InChI is InChI=1S/C16H21N3O2/c1-10-6-7-12(11(2)17-10)15(21)19-16-8-4-3-5-13(16)18-14(20)9-16/h6-7,13H,3-5,8-9H2,1-2H3,(H,18,20)(H,19,21)/t13-,16+/m0/s1. The highest BCUT2D eigenvalue weighted by Crippen LogP contribution is 2.35. The van der Waals surface area contributed by atoms with Crippen molar-refractivity contribution in [1.29, 1.82) is 0 Å². The summed E-state index contributed by atoms with van der Waals surface area (Å²) < 4.78 is 0. The first-order valence-electron chi connectivity index (χ1n) is 7.56. The number of pyridine rings is 1. The van der Waals surface area contributed by atoms with Gasteiger partial charge in [-0.05, 0) is 38.8 Å². The topological polar surface area (TPSA) is 71.1 Å². The van der Waals surface area contributed by atoms with E-state index >= 15 is 0 Å². The fourth-order valence-corrected chi connectivity index (χ4v) is 3.61. The zero-order valence-electron chi connectivity index (χ0n) is 12.5. The minimum atomic E-state index is -0.413. The smallest absolute Gasteiger partial charge is 0.253 e. The van der Waals surface area contributed by atoms with Gasteiger partial charge in [-0.2, -0.15) is 0 Å². The highest BCUT2D eigenvalue weighted by molar-refractivity contribution is 5.96.